The lowest BCUT2D eigenvalue weighted by Crippen LogP contribution is -2.53. The maximum atomic E-state index is 4.56. The fourth-order valence-corrected chi connectivity index (χ4v) is 5.76. The van der Waals surface area contributed by atoms with E-state index in [0.717, 1.165) is 44.3 Å². The number of nitrogens with zero attached hydrogens (tertiary/aromatic N) is 4. The molecule has 1 aliphatic carbocycles. The van der Waals surface area contributed by atoms with Crippen molar-refractivity contribution in [3.05, 3.63) is 17.5 Å². The van der Waals surface area contributed by atoms with Crippen LogP contribution >= 0.6 is 11.8 Å². The summed E-state index contributed by atoms with van der Waals surface area (Å²) in [5, 5.41) is 8.12. The summed E-state index contributed by atoms with van der Waals surface area (Å²) in [6.45, 7) is 8.36. The maximum Gasteiger partial charge on any atom is 0.193 e. The molecule has 1 aliphatic heterocycles. The van der Waals surface area contributed by atoms with Gasteiger partial charge in [-0.05, 0) is 39.2 Å². The summed E-state index contributed by atoms with van der Waals surface area (Å²) < 4.78 is 2.59. The Bertz CT molecular complexity index is 583. The maximum absolute atomic E-state index is 4.56. The van der Waals surface area contributed by atoms with E-state index in [0.29, 0.717) is 4.75 Å². The molecule has 0 aromatic carbocycles. The highest BCUT2D eigenvalue weighted by Gasteiger charge is 2.38. The van der Waals surface area contributed by atoms with E-state index in [9.17, 15) is 0 Å². The zero-order valence-electron chi connectivity index (χ0n) is 16.1. The molecule has 1 saturated carbocycles. The Kier molecular flexibility index (Phi) is 6.31. The van der Waals surface area contributed by atoms with Gasteiger partial charge >= 0.3 is 0 Å². The van der Waals surface area contributed by atoms with E-state index in [4.69, 9.17) is 0 Å². The molecule has 0 unspecified atom stereocenters. The SMILES string of the molecule is CN=C(NCCCn1nc(C)cc1C)N1CCSC2(CCCCC2)C1. The number of thioether (sulfide) groups is 1. The molecular formula is C19H33N5S. The molecule has 2 heterocycles. The van der Waals surface area contributed by atoms with Crippen LogP contribution in [-0.2, 0) is 6.54 Å². The largest absolute Gasteiger partial charge is 0.356 e. The first-order valence-corrected chi connectivity index (χ1v) is 10.7. The van der Waals surface area contributed by atoms with Crippen molar-refractivity contribution in [1.82, 2.24) is 20.0 Å². The number of aliphatic imine (C=N–C) groups is 1. The molecule has 6 heteroatoms. The minimum absolute atomic E-state index is 0.484. The van der Waals surface area contributed by atoms with Crippen molar-refractivity contribution in [1.29, 1.82) is 0 Å². The molecule has 0 amide bonds. The van der Waals surface area contributed by atoms with Crippen molar-refractivity contribution in [2.45, 2.75) is 63.7 Å². The highest BCUT2D eigenvalue weighted by atomic mass is 32.2. The lowest BCUT2D eigenvalue weighted by molar-refractivity contribution is 0.293. The van der Waals surface area contributed by atoms with Gasteiger partial charge in [0.25, 0.3) is 0 Å². The third-order valence-electron chi connectivity index (χ3n) is 5.46. The number of aryl methyl sites for hydroxylation is 3. The van der Waals surface area contributed by atoms with Gasteiger partial charge in [-0.3, -0.25) is 9.67 Å². The Balaban J connectivity index is 1.48. The second-order valence-corrected chi connectivity index (χ2v) is 9.05. The summed E-state index contributed by atoms with van der Waals surface area (Å²) >= 11 is 2.21. The Morgan fingerprint density at radius 1 is 1.32 bits per heavy atom. The van der Waals surface area contributed by atoms with Crippen molar-refractivity contribution in [2.75, 3.05) is 32.4 Å². The van der Waals surface area contributed by atoms with E-state index in [2.05, 4.69) is 56.7 Å². The molecule has 1 saturated heterocycles. The first-order valence-electron chi connectivity index (χ1n) is 9.72. The van der Waals surface area contributed by atoms with Crippen LogP contribution in [0.15, 0.2) is 11.1 Å². The molecule has 1 aromatic heterocycles. The van der Waals surface area contributed by atoms with Crippen LogP contribution in [0.1, 0.15) is 49.9 Å². The Labute approximate surface area is 156 Å². The molecule has 2 aliphatic rings. The van der Waals surface area contributed by atoms with Crippen LogP contribution < -0.4 is 5.32 Å². The van der Waals surface area contributed by atoms with E-state index >= 15 is 0 Å². The number of aromatic nitrogens is 2. The van der Waals surface area contributed by atoms with Gasteiger partial charge in [-0.25, -0.2) is 0 Å². The van der Waals surface area contributed by atoms with E-state index in [1.165, 1.54) is 43.6 Å². The van der Waals surface area contributed by atoms with Crippen LogP contribution in [0.25, 0.3) is 0 Å². The highest BCUT2D eigenvalue weighted by molar-refractivity contribution is 8.00. The van der Waals surface area contributed by atoms with Crippen molar-refractivity contribution >= 4 is 17.7 Å². The van der Waals surface area contributed by atoms with Crippen molar-refractivity contribution in [3.8, 4) is 0 Å². The van der Waals surface area contributed by atoms with Crippen molar-refractivity contribution < 1.29 is 0 Å². The number of guanidine groups is 1. The van der Waals surface area contributed by atoms with Gasteiger partial charge in [0.1, 0.15) is 0 Å². The van der Waals surface area contributed by atoms with Gasteiger partial charge in [0, 0.05) is 49.4 Å². The van der Waals surface area contributed by atoms with E-state index < -0.39 is 0 Å². The van der Waals surface area contributed by atoms with Crippen LogP contribution in [0.4, 0.5) is 0 Å². The molecule has 0 atom stereocenters. The second kappa shape index (κ2) is 8.47. The van der Waals surface area contributed by atoms with Crippen molar-refractivity contribution in [2.24, 2.45) is 4.99 Å². The topological polar surface area (TPSA) is 45.5 Å². The molecule has 0 radical (unpaired) electrons. The standard InChI is InChI=1S/C19H33N5S/c1-16-14-17(2)24(22-16)11-7-10-21-18(20-3)23-12-13-25-19(15-23)8-5-4-6-9-19/h14H,4-13,15H2,1-3H3,(H,20,21). The van der Waals surface area contributed by atoms with Crippen LogP contribution in [0.5, 0.6) is 0 Å². The van der Waals surface area contributed by atoms with Crippen LogP contribution in [0, 0.1) is 13.8 Å². The third-order valence-corrected chi connectivity index (χ3v) is 6.99. The zero-order valence-corrected chi connectivity index (χ0v) is 16.9. The smallest absolute Gasteiger partial charge is 0.193 e. The van der Waals surface area contributed by atoms with E-state index in [-0.39, 0.29) is 0 Å². The quantitative estimate of drug-likeness (QED) is 0.507. The first-order chi connectivity index (χ1) is 12.1. The lowest BCUT2D eigenvalue weighted by atomic mass is 9.87. The van der Waals surface area contributed by atoms with Gasteiger partial charge in [0.2, 0.25) is 0 Å². The monoisotopic (exact) mass is 363 g/mol. The Morgan fingerprint density at radius 2 is 2.12 bits per heavy atom. The average molecular weight is 364 g/mol. The van der Waals surface area contributed by atoms with Gasteiger partial charge < -0.3 is 10.2 Å². The summed E-state index contributed by atoms with van der Waals surface area (Å²) in [6.07, 6.45) is 8.04. The molecular weight excluding hydrogens is 330 g/mol. The van der Waals surface area contributed by atoms with E-state index in [1.807, 2.05) is 7.05 Å². The average Bonchev–Trinajstić information content (AvgIpc) is 2.93. The number of hydrogen-bond acceptors (Lipinski definition) is 3. The molecule has 3 rings (SSSR count). The minimum atomic E-state index is 0.484. The van der Waals surface area contributed by atoms with Crippen molar-refractivity contribution in [3.63, 3.8) is 0 Å². The normalized spacial score (nSPS) is 20.9. The van der Waals surface area contributed by atoms with Gasteiger partial charge in [-0.1, -0.05) is 19.3 Å². The summed E-state index contributed by atoms with van der Waals surface area (Å²) in [5.74, 6) is 2.31. The summed E-state index contributed by atoms with van der Waals surface area (Å²) in [7, 11) is 1.92. The minimum Gasteiger partial charge on any atom is -0.356 e. The van der Waals surface area contributed by atoms with Gasteiger partial charge in [0.15, 0.2) is 5.96 Å². The predicted octanol–water partition coefficient (Wildman–Crippen LogP) is 3.22. The summed E-state index contributed by atoms with van der Waals surface area (Å²) in [4.78, 5) is 7.05. The molecule has 1 aromatic rings. The zero-order chi connectivity index (χ0) is 17.7. The van der Waals surface area contributed by atoms with Crippen LogP contribution in [-0.4, -0.2) is 57.8 Å². The number of nitrogens with one attached hydrogen (secondary N) is 1. The third kappa shape index (κ3) is 4.72. The fourth-order valence-electron chi connectivity index (χ4n) is 4.19. The molecule has 1 N–H and O–H groups in total. The van der Waals surface area contributed by atoms with E-state index in [1.54, 1.807) is 0 Å². The Hall–Kier alpha value is -1.17. The van der Waals surface area contributed by atoms with Gasteiger partial charge in [0.05, 0.1) is 5.69 Å². The first kappa shape index (κ1) is 18.6. The fraction of sp³-hybridized carbons (Fsp3) is 0.789. The number of hydrogen-bond donors (Lipinski definition) is 1. The molecule has 2 fully saturated rings. The molecule has 25 heavy (non-hydrogen) atoms. The van der Waals surface area contributed by atoms with Gasteiger partial charge in [-0.15, -0.1) is 0 Å². The predicted molar refractivity (Wildman–Crippen MR) is 108 cm³/mol. The lowest BCUT2D eigenvalue weighted by Gasteiger charge is -2.45. The molecule has 1 spiro atoms. The van der Waals surface area contributed by atoms with Gasteiger partial charge in [-0.2, -0.15) is 16.9 Å². The summed E-state index contributed by atoms with van der Waals surface area (Å²) in [6, 6.07) is 2.14. The second-order valence-electron chi connectivity index (χ2n) is 7.49. The summed E-state index contributed by atoms with van der Waals surface area (Å²) in [5.41, 5.74) is 2.35. The number of rotatable bonds is 4. The molecule has 5 nitrogen and oxygen atoms in total. The van der Waals surface area contributed by atoms with Crippen LogP contribution in [0.2, 0.25) is 0 Å². The molecule has 0 bridgehead atoms. The van der Waals surface area contributed by atoms with Crippen LogP contribution in [0.3, 0.4) is 0 Å². The Morgan fingerprint density at radius 3 is 2.80 bits per heavy atom. The molecule has 140 valence electrons. The highest BCUT2D eigenvalue weighted by Crippen LogP contribution is 2.42.